The van der Waals surface area contributed by atoms with Crippen molar-refractivity contribution in [1.29, 1.82) is 0 Å². The van der Waals surface area contributed by atoms with Crippen LogP contribution < -0.4 is 11.1 Å². The van der Waals surface area contributed by atoms with Gasteiger partial charge < -0.3 is 9.73 Å². The second-order valence-corrected chi connectivity index (χ2v) is 4.01. The van der Waals surface area contributed by atoms with Gasteiger partial charge in [0.05, 0.1) is 6.54 Å². The van der Waals surface area contributed by atoms with E-state index in [-0.39, 0.29) is 0 Å². The van der Waals surface area contributed by atoms with Crippen LogP contribution in [0, 0.1) is 0 Å². The van der Waals surface area contributed by atoms with Gasteiger partial charge in [-0.3, -0.25) is 0 Å². The zero-order chi connectivity index (χ0) is 12.8. The molecule has 0 amide bonds. The zero-order valence-corrected chi connectivity index (χ0v) is 10.4. The molecule has 1 aromatic heterocycles. The first-order chi connectivity index (χ1) is 8.81. The third kappa shape index (κ3) is 3.07. The van der Waals surface area contributed by atoms with E-state index in [0.29, 0.717) is 19.0 Å². The Morgan fingerprint density at radius 1 is 1.28 bits per heavy atom. The SMILES string of the molecule is CCCNCCn1nc(-c2ccccc2)oc1=O. The summed E-state index contributed by atoms with van der Waals surface area (Å²) in [6, 6.07) is 9.41. The van der Waals surface area contributed by atoms with Crippen molar-refractivity contribution in [3.05, 3.63) is 40.9 Å². The summed E-state index contributed by atoms with van der Waals surface area (Å²) in [5.41, 5.74) is 0.815. The molecule has 0 spiro atoms. The summed E-state index contributed by atoms with van der Waals surface area (Å²) in [6.07, 6.45) is 1.07. The maximum Gasteiger partial charge on any atom is 0.437 e. The molecule has 0 radical (unpaired) electrons. The second kappa shape index (κ2) is 6.16. The van der Waals surface area contributed by atoms with Gasteiger partial charge in [0.1, 0.15) is 0 Å². The minimum Gasteiger partial charge on any atom is -0.388 e. The van der Waals surface area contributed by atoms with Crippen molar-refractivity contribution in [2.45, 2.75) is 19.9 Å². The highest BCUT2D eigenvalue weighted by molar-refractivity contribution is 5.51. The largest absolute Gasteiger partial charge is 0.437 e. The van der Waals surface area contributed by atoms with Crippen molar-refractivity contribution in [1.82, 2.24) is 15.1 Å². The molecule has 5 nitrogen and oxygen atoms in total. The first-order valence-corrected chi connectivity index (χ1v) is 6.15. The second-order valence-electron chi connectivity index (χ2n) is 4.01. The van der Waals surface area contributed by atoms with Gasteiger partial charge in [0.25, 0.3) is 0 Å². The van der Waals surface area contributed by atoms with Crippen molar-refractivity contribution in [2.75, 3.05) is 13.1 Å². The molecule has 1 aromatic carbocycles. The summed E-state index contributed by atoms with van der Waals surface area (Å²) in [5.74, 6) is -0.0387. The Bertz CT molecular complexity index is 531. The van der Waals surface area contributed by atoms with Gasteiger partial charge in [0.15, 0.2) is 0 Å². The van der Waals surface area contributed by atoms with E-state index in [1.54, 1.807) is 0 Å². The molecule has 0 aliphatic rings. The minimum atomic E-state index is -0.410. The lowest BCUT2D eigenvalue weighted by Gasteiger charge is -2.00. The summed E-state index contributed by atoms with van der Waals surface area (Å²) in [4.78, 5) is 11.6. The van der Waals surface area contributed by atoms with Gasteiger partial charge in [-0.1, -0.05) is 25.1 Å². The van der Waals surface area contributed by atoms with Crippen LogP contribution in [0.1, 0.15) is 13.3 Å². The Kier molecular flexibility index (Phi) is 4.30. The van der Waals surface area contributed by atoms with Crippen LogP contribution in [0.2, 0.25) is 0 Å². The number of rotatable bonds is 6. The highest BCUT2D eigenvalue weighted by Gasteiger charge is 2.08. The standard InChI is InChI=1S/C13H17N3O2/c1-2-8-14-9-10-16-13(17)18-12(15-16)11-6-4-3-5-7-11/h3-7,14H,2,8-10H2,1H3. The lowest BCUT2D eigenvalue weighted by atomic mass is 10.2. The predicted octanol–water partition coefficient (Wildman–Crippen LogP) is 1.50. The maximum absolute atomic E-state index is 11.6. The minimum absolute atomic E-state index is 0.371. The van der Waals surface area contributed by atoms with Crippen molar-refractivity contribution < 1.29 is 4.42 Å². The van der Waals surface area contributed by atoms with Gasteiger partial charge in [0, 0.05) is 12.1 Å². The van der Waals surface area contributed by atoms with Crippen LogP contribution >= 0.6 is 0 Å². The topological polar surface area (TPSA) is 60.1 Å². The van der Waals surface area contributed by atoms with Crippen LogP contribution in [0.5, 0.6) is 0 Å². The number of hydrogen-bond donors (Lipinski definition) is 1. The molecule has 0 aliphatic heterocycles. The number of benzene rings is 1. The molecule has 1 heterocycles. The van der Waals surface area contributed by atoms with E-state index in [9.17, 15) is 4.79 Å². The van der Waals surface area contributed by atoms with Crippen LogP contribution in [0.15, 0.2) is 39.5 Å². The number of aromatic nitrogens is 2. The third-order valence-corrected chi connectivity index (χ3v) is 2.55. The normalized spacial score (nSPS) is 10.7. The van der Waals surface area contributed by atoms with E-state index in [4.69, 9.17) is 4.42 Å². The van der Waals surface area contributed by atoms with Crippen molar-refractivity contribution >= 4 is 0 Å². The molecule has 2 aromatic rings. The lowest BCUT2D eigenvalue weighted by Crippen LogP contribution is -2.25. The maximum atomic E-state index is 11.6. The average Bonchev–Trinajstić information content (AvgIpc) is 2.77. The first-order valence-electron chi connectivity index (χ1n) is 6.15. The molecule has 96 valence electrons. The van der Waals surface area contributed by atoms with Gasteiger partial charge in [-0.25, -0.2) is 4.79 Å². The van der Waals surface area contributed by atoms with E-state index >= 15 is 0 Å². The van der Waals surface area contributed by atoms with Gasteiger partial charge in [-0.05, 0) is 25.1 Å². The van der Waals surface area contributed by atoms with Crippen molar-refractivity contribution in [3.8, 4) is 11.5 Å². The van der Waals surface area contributed by atoms with Gasteiger partial charge in [-0.2, -0.15) is 4.68 Å². The lowest BCUT2D eigenvalue weighted by molar-refractivity contribution is 0.471. The molecule has 5 heteroatoms. The quantitative estimate of drug-likeness (QED) is 0.786. The molecule has 0 fully saturated rings. The number of nitrogens with one attached hydrogen (secondary N) is 1. The Labute approximate surface area is 105 Å². The smallest absolute Gasteiger partial charge is 0.388 e. The van der Waals surface area contributed by atoms with Crippen LogP contribution in [0.4, 0.5) is 0 Å². The highest BCUT2D eigenvalue weighted by Crippen LogP contribution is 2.13. The van der Waals surface area contributed by atoms with Gasteiger partial charge in [-0.15, -0.1) is 5.10 Å². The van der Waals surface area contributed by atoms with E-state index in [2.05, 4.69) is 17.3 Å². The average molecular weight is 247 g/mol. The fourth-order valence-electron chi connectivity index (χ4n) is 1.63. The van der Waals surface area contributed by atoms with Gasteiger partial charge in [0.2, 0.25) is 5.89 Å². The molecular weight excluding hydrogens is 230 g/mol. The number of hydrogen-bond acceptors (Lipinski definition) is 4. The number of nitrogens with zero attached hydrogens (tertiary/aromatic N) is 2. The Hall–Kier alpha value is -1.88. The molecule has 18 heavy (non-hydrogen) atoms. The highest BCUT2D eigenvalue weighted by atomic mass is 16.4. The summed E-state index contributed by atoms with van der Waals surface area (Å²) in [6.45, 7) is 4.28. The Morgan fingerprint density at radius 2 is 2.06 bits per heavy atom. The van der Waals surface area contributed by atoms with Gasteiger partial charge >= 0.3 is 5.76 Å². The summed E-state index contributed by atoms with van der Waals surface area (Å²) in [5, 5.41) is 7.39. The monoisotopic (exact) mass is 247 g/mol. The molecule has 1 N–H and O–H groups in total. The molecule has 0 saturated carbocycles. The fraction of sp³-hybridized carbons (Fsp3) is 0.385. The zero-order valence-electron chi connectivity index (χ0n) is 10.4. The molecule has 0 saturated heterocycles. The predicted molar refractivity (Wildman–Crippen MR) is 69.4 cm³/mol. The van der Waals surface area contributed by atoms with Crippen LogP contribution in [-0.2, 0) is 6.54 Å². The van der Waals surface area contributed by atoms with Crippen molar-refractivity contribution in [3.63, 3.8) is 0 Å². The van der Waals surface area contributed by atoms with Crippen molar-refractivity contribution in [2.24, 2.45) is 0 Å². The molecular formula is C13H17N3O2. The summed E-state index contributed by atoms with van der Waals surface area (Å²) >= 11 is 0. The van der Waals surface area contributed by atoms with Crippen LogP contribution in [0.25, 0.3) is 11.5 Å². The van der Waals surface area contributed by atoms with Crippen LogP contribution in [0.3, 0.4) is 0 Å². The molecule has 0 atom stereocenters. The van der Waals surface area contributed by atoms with Crippen LogP contribution in [-0.4, -0.2) is 22.9 Å². The first kappa shape index (κ1) is 12.6. The fourth-order valence-corrected chi connectivity index (χ4v) is 1.63. The molecule has 0 unspecified atom stereocenters. The molecule has 0 bridgehead atoms. The third-order valence-electron chi connectivity index (χ3n) is 2.55. The Balaban J connectivity index is 2.06. The van der Waals surface area contributed by atoms with E-state index < -0.39 is 5.76 Å². The summed E-state index contributed by atoms with van der Waals surface area (Å²) in [7, 11) is 0. The Morgan fingerprint density at radius 3 is 2.78 bits per heavy atom. The molecule has 0 aliphatic carbocycles. The van der Waals surface area contributed by atoms with E-state index in [1.165, 1.54) is 4.68 Å². The van der Waals surface area contributed by atoms with E-state index in [0.717, 1.165) is 18.5 Å². The molecule has 2 rings (SSSR count). The summed E-state index contributed by atoms with van der Waals surface area (Å²) < 4.78 is 6.48. The van der Waals surface area contributed by atoms with E-state index in [1.807, 2.05) is 30.3 Å².